The minimum atomic E-state index is -4.75. The molecule has 1 aromatic carbocycles. The number of benzene rings is 1. The molecule has 21 heavy (non-hydrogen) atoms. The van der Waals surface area contributed by atoms with Gasteiger partial charge in [-0.1, -0.05) is 19.4 Å². The van der Waals surface area contributed by atoms with Gasteiger partial charge in [0.1, 0.15) is 5.82 Å². The van der Waals surface area contributed by atoms with Gasteiger partial charge in [-0.05, 0) is 37.4 Å². The first-order chi connectivity index (χ1) is 9.79. The molecule has 2 nitrogen and oxygen atoms in total. The Kier molecular flexibility index (Phi) is 6.33. The first-order valence-corrected chi connectivity index (χ1v) is 6.89. The van der Waals surface area contributed by atoms with E-state index < -0.39 is 17.6 Å². The highest BCUT2D eigenvalue weighted by Gasteiger charge is 2.34. The normalized spacial score (nSPS) is 13.2. The second kappa shape index (κ2) is 7.54. The summed E-state index contributed by atoms with van der Waals surface area (Å²) in [7, 11) is 0. The first-order valence-electron chi connectivity index (χ1n) is 6.89. The van der Waals surface area contributed by atoms with E-state index in [1.165, 1.54) is 0 Å². The molecular weight excluding hydrogens is 286 g/mol. The van der Waals surface area contributed by atoms with Crippen molar-refractivity contribution >= 4 is 5.78 Å². The lowest BCUT2D eigenvalue weighted by Gasteiger charge is -2.13. The van der Waals surface area contributed by atoms with Gasteiger partial charge in [0.25, 0.3) is 0 Å². The van der Waals surface area contributed by atoms with Crippen molar-refractivity contribution in [1.82, 2.24) is 0 Å². The van der Waals surface area contributed by atoms with E-state index in [1.54, 1.807) is 0 Å². The number of rotatable bonds is 7. The van der Waals surface area contributed by atoms with E-state index in [9.17, 15) is 22.4 Å². The number of Topliss-reactive ketones (excluding diaryl/α,β-unsaturated/α-hetero) is 1. The zero-order valence-electron chi connectivity index (χ0n) is 11.8. The van der Waals surface area contributed by atoms with Crippen LogP contribution in [-0.2, 0) is 6.18 Å². The summed E-state index contributed by atoms with van der Waals surface area (Å²) in [6.07, 6.45) is -2.28. The van der Waals surface area contributed by atoms with Crippen molar-refractivity contribution in [3.8, 4) is 0 Å². The molecule has 6 heteroatoms. The fourth-order valence-electron chi connectivity index (χ4n) is 2.19. The highest BCUT2D eigenvalue weighted by atomic mass is 19.4. The molecular formula is C15H19F4NO. The highest BCUT2D eigenvalue weighted by molar-refractivity contribution is 5.96. The molecule has 0 fully saturated rings. The van der Waals surface area contributed by atoms with Crippen LogP contribution in [0.2, 0.25) is 0 Å². The monoisotopic (exact) mass is 305 g/mol. The SMILES string of the molecule is CCC(CCN)CCC(=O)c1ccc(C(F)(F)F)c(F)c1. The summed E-state index contributed by atoms with van der Waals surface area (Å²) in [6.45, 7) is 2.52. The highest BCUT2D eigenvalue weighted by Crippen LogP contribution is 2.31. The van der Waals surface area contributed by atoms with Crippen molar-refractivity contribution in [3.05, 3.63) is 35.1 Å². The van der Waals surface area contributed by atoms with Crippen molar-refractivity contribution in [2.45, 2.75) is 38.8 Å². The van der Waals surface area contributed by atoms with Gasteiger partial charge in [-0.2, -0.15) is 13.2 Å². The molecule has 0 bridgehead atoms. The molecule has 0 heterocycles. The Morgan fingerprint density at radius 2 is 1.95 bits per heavy atom. The van der Waals surface area contributed by atoms with Gasteiger partial charge in [-0.25, -0.2) is 4.39 Å². The third-order valence-corrected chi connectivity index (χ3v) is 3.53. The van der Waals surface area contributed by atoms with Gasteiger partial charge < -0.3 is 5.73 Å². The lowest BCUT2D eigenvalue weighted by molar-refractivity contribution is -0.140. The molecule has 0 saturated carbocycles. The van der Waals surface area contributed by atoms with Gasteiger partial charge in [0.2, 0.25) is 0 Å². The molecule has 118 valence electrons. The molecule has 0 aromatic heterocycles. The number of hydrogen-bond donors (Lipinski definition) is 1. The standard InChI is InChI=1S/C15H19F4NO/c1-2-10(7-8-20)3-6-14(21)11-4-5-12(13(16)9-11)15(17,18)19/h4-5,9-10H,2-3,6-8,20H2,1H3. The average molecular weight is 305 g/mol. The van der Waals surface area contributed by atoms with Gasteiger partial charge in [-0.15, -0.1) is 0 Å². The molecule has 1 unspecified atom stereocenters. The van der Waals surface area contributed by atoms with Crippen LogP contribution in [0.4, 0.5) is 17.6 Å². The Labute approximate surface area is 121 Å². The Bertz CT molecular complexity index is 485. The largest absolute Gasteiger partial charge is 0.419 e. The zero-order valence-corrected chi connectivity index (χ0v) is 11.8. The number of alkyl halides is 3. The Balaban J connectivity index is 2.73. The lowest BCUT2D eigenvalue weighted by atomic mass is 9.93. The van der Waals surface area contributed by atoms with Gasteiger partial charge >= 0.3 is 6.18 Å². The van der Waals surface area contributed by atoms with E-state index in [1.807, 2.05) is 6.92 Å². The maximum atomic E-state index is 13.4. The van der Waals surface area contributed by atoms with Crippen molar-refractivity contribution in [2.24, 2.45) is 11.7 Å². The lowest BCUT2D eigenvalue weighted by Crippen LogP contribution is -2.12. The van der Waals surface area contributed by atoms with Crippen molar-refractivity contribution in [1.29, 1.82) is 0 Å². The summed E-state index contributed by atoms with van der Waals surface area (Å²) < 4.78 is 50.7. The third kappa shape index (κ3) is 5.12. The number of ketones is 1. The summed E-state index contributed by atoms with van der Waals surface area (Å²) in [5.74, 6) is -1.46. The predicted octanol–water partition coefficient (Wildman–Crippen LogP) is 4.18. The molecule has 0 saturated heterocycles. The summed E-state index contributed by atoms with van der Waals surface area (Å²) >= 11 is 0. The number of carbonyl (C=O) groups excluding carboxylic acids is 1. The van der Waals surface area contributed by atoms with Crippen LogP contribution in [0, 0.1) is 11.7 Å². The van der Waals surface area contributed by atoms with Gasteiger partial charge in [0.15, 0.2) is 5.78 Å². The molecule has 0 radical (unpaired) electrons. The van der Waals surface area contributed by atoms with Gasteiger partial charge in [0.05, 0.1) is 5.56 Å². The number of nitrogens with two attached hydrogens (primary N) is 1. The quantitative estimate of drug-likeness (QED) is 0.606. The summed E-state index contributed by atoms with van der Waals surface area (Å²) in [6, 6.07) is 2.30. The molecule has 1 aromatic rings. The van der Waals surface area contributed by atoms with Crippen molar-refractivity contribution < 1.29 is 22.4 Å². The summed E-state index contributed by atoms with van der Waals surface area (Å²) in [5.41, 5.74) is 4.08. The zero-order chi connectivity index (χ0) is 16.0. The van der Waals surface area contributed by atoms with Crippen LogP contribution in [-0.4, -0.2) is 12.3 Å². The Morgan fingerprint density at radius 1 is 1.29 bits per heavy atom. The second-order valence-electron chi connectivity index (χ2n) is 5.01. The third-order valence-electron chi connectivity index (χ3n) is 3.53. The molecule has 0 aliphatic carbocycles. The predicted molar refractivity (Wildman–Crippen MR) is 72.4 cm³/mol. The van der Waals surface area contributed by atoms with Gasteiger partial charge in [-0.3, -0.25) is 4.79 Å². The molecule has 0 amide bonds. The van der Waals surface area contributed by atoms with Crippen LogP contribution in [0.25, 0.3) is 0 Å². The van der Waals surface area contributed by atoms with Crippen LogP contribution < -0.4 is 5.73 Å². The molecule has 0 aliphatic heterocycles. The van der Waals surface area contributed by atoms with E-state index in [0.717, 1.165) is 18.9 Å². The van der Waals surface area contributed by atoms with E-state index in [2.05, 4.69) is 0 Å². The van der Waals surface area contributed by atoms with Crippen LogP contribution in [0.3, 0.4) is 0 Å². The van der Waals surface area contributed by atoms with Gasteiger partial charge in [0, 0.05) is 12.0 Å². The van der Waals surface area contributed by atoms with E-state index in [4.69, 9.17) is 5.73 Å². The minimum Gasteiger partial charge on any atom is -0.330 e. The minimum absolute atomic E-state index is 0.0249. The van der Waals surface area contributed by atoms with Crippen LogP contribution in [0.1, 0.15) is 48.5 Å². The van der Waals surface area contributed by atoms with E-state index in [0.29, 0.717) is 31.0 Å². The molecule has 0 spiro atoms. The fourth-order valence-corrected chi connectivity index (χ4v) is 2.19. The first kappa shape index (κ1) is 17.6. The summed E-state index contributed by atoms with van der Waals surface area (Å²) in [4.78, 5) is 11.9. The van der Waals surface area contributed by atoms with Crippen molar-refractivity contribution in [3.63, 3.8) is 0 Å². The number of hydrogen-bond acceptors (Lipinski definition) is 2. The Morgan fingerprint density at radius 3 is 2.43 bits per heavy atom. The summed E-state index contributed by atoms with van der Waals surface area (Å²) in [5, 5.41) is 0. The molecule has 0 aliphatic rings. The number of halogens is 4. The second-order valence-corrected chi connectivity index (χ2v) is 5.01. The fraction of sp³-hybridized carbons (Fsp3) is 0.533. The Hall–Kier alpha value is -1.43. The molecule has 1 rings (SSSR count). The molecule has 2 N–H and O–H groups in total. The van der Waals surface area contributed by atoms with Crippen molar-refractivity contribution in [2.75, 3.05) is 6.54 Å². The number of carbonyl (C=O) groups is 1. The maximum Gasteiger partial charge on any atom is 0.419 e. The van der Waals surface area contributed by atoms with Crippen LogP contribution >= 0.6 is 0 Å². The smallest absolute Gasteiger partial charge is 0.330 e. The van der Waals surface area contributed by atoms with E-state index in [-0.39, 0.29) is 17.8 Å². The topological polar surface area (TPSA) is 43.1 Å². The van der Waals surface area contributed by atoms with Crippen LogP contribution in [0.15, 0.2) is 18.2 Å². The molecule has 1 atom stereocenters. The van der Waals surface area contributed by atoms with Crippen LogP contribution in [0.5, 0.6) is 0 Å². The van der Waals surface area contributed by atoms with E-state index >= 15 is 0 Å². The maximum absolute atomic E-state index is 13.4. The average Bonchev–Trinajstić information content (AvgIpc) is 2.41.